The molecule has 0 aliphatic heterocycles. The van der Waals surface area contributed by atoms with E-state index < -0.39 is 4.92 Å². The Kier molecular flexibility index (Phi) is 2.36. The second-order valence-corrected chi connectivity index (χ2v) is 3.31. The summed E-state index contributed by atoms with van der Waals surface area (Å²) in [7, 11) is 1.51. The molecule has 82 valence electrons. The maximum Gasteiger partial charge on any atom is 0.277 e. The van der Waals surface area contributed by atoms with Crippen LogP contribution in [0.3, 0.4) is 0 Å². The average Bonchev–Trinajstić information content (AvgIpc) is 2.29. The zero-order valence-electron chi connectivity index (χ0n) is 8.64. The molecule has 0 aromatic heterocycles. The van der Waals surface area contributed by atoms with Gasteiger partial charge in [0.15, 0.2) is 0 Å². The Balaban J connectivity index is 2.82. The van der Waals surface area contributed by atoms with E-state index in [0.717, 1.165) is 0 Å². The van der Waals surface area contributed by atoms with Gasteiger partial charge in [0, 0.05) is 11.5 Å². The fraction of sp³-hybridized carbons (Fsp3) is 0.0909. The van der Waals surface area contributed by atoms with Gasteiger partial charge < -0.3 is 10.5 Å². The van der Waals surface area contributed by atoms with Crippen molar-refractivity contribution in [1.82, 2.24) is 0 Å². The van der Waals surface area contributed by atoms with Crippen LogP contribution in [0.25, 0.3) is 10.8 Å². The molecule has 5 heteroatoms. The van der Waals surface area contributed by atoms with Crippen molar-refractivity contribution in [2.75, 3.05) is 12.8 Å². The van der Waals surface area contributed by atoms with Gasteiger partial charge in [0.1, 0.15) is 5.75 Å². The van der Waals surface area contributed by atoms with Crippen LogP contribution in [0.2, 0.25) is 0 Å². The molecule has 5 nitrogen and oxygen atoms in total. The highest BCUT2D eigenvalue weighted by molar-refractivity contribution is 6.00. The molecular formula is C11H10N2O3. The second-order valence-electron chi connectivity index (χ2n) is 3.31. The summed E-state index contributed by atoms with van der Waals surface area (Å²) >= 11 is 0. The van der Waals surface area contributed by atoms with E-state index in [4.69, 9.17) is 10.5 Å². The fourth-order valence-corrected chi connectivity index (χ4v) is 1.68. The van der Waals surface area contributed by atoms with Gasteiger partial charge in [0.2, 0.25) is 0 Å². The van der Waals surface area contributed by atoms with Gasteiger partial charge in [-0.2, -0.15) is 0 Å². The molecule has 2 rings (SSSR count). The number of nitrogen functional groups attached to an aromatic ring is 1. The number of hydrogen-bond donors (Lipinski definition) is 1. The van der Waals surface area contributed by atoms with Gasteiger partial charge in [-0.15, -0.1) is 0 Å². The summed E-state index contributed by atoms with van der Waals surface area (Å²) in [5.74, 6) is 0.521. The van der Waals surface area contributed by atoms with Crippen molar-refractivity contribution in [3.63, 3.8) is 0 Å². The maximum absolute atomic E-state index is 10.8. The van der Waals surface area contributed by atoms with Crippen LogP contribution in [-0.4, -0.2) is 12.0 Å². The summed E-state index contributed by atoms with van der Waals surface area (Å²) in [5.41, 5.74) is 6.32. The number of nitro benzene ring substituents is 1. The number of ether oxygens (including phenoxy) is 1. The smallest absolute Gasteiger partial charge is 0.277 e. The summed E-state index contributed by atoms with van der Waals surface area (Å²) in [6, 6.07) is 8.07. The molecule has 0 aliphatic carbocycles. The molecule has 0 saturated heterocycles. The van der Waals surface area contributed by atoms with Crippen molar-refractivity contribution in [3.05, 3.63) is 40.4 Å². The van der Waals surface area contributed by atoms with E-state index in [9.17, 15) is 10.1 Å². The Labute approximate surface area is 91.6 Å². The molecule has 0 spiro atoms. The summed E-state index contributed by atoms with van der Waals surface area (Å²) in [5, 5.41) is 12.0. The van der Waals surface area contributed by atoms with Gasteiger partial charge in [-0.25, -0.2) is 0 Å². The molecule has 0 fully saturated rings. The summed E-state index contributed by atoms with van der Waals surface area (Å²) in [6.07, 6.45) is 0. The zero-order valence-corrected chi connectivity index (χ0v) is 8.64. The van der Waals surface area contributed by atoms with E-state index in [2.05, 4.69) is 0 Å². The third-order valence-electron chi connectivity index (χ3n) is 2.46. The summed E-state index contributed by atoms with van der Waals surface area (Å²) < 4.78 is 5.06. The van der Waals surface area contributed by atoms with E-state index in [1.807, 2.05) is 0 Å². The lowest BCUT2D eigenvalue weighted by Gasteiger charge is -2.07. The van der Waals surface area contributed by atoms with E-state index in [1.54, 1.807) is 24.3 Å². The Bertz CT molecular complexity index is 566. The van der Waals surface area contributed by atoms with Crippen molar-refractivity contribution in [2.45, 2.75) is 0 Å². The average molecular weight is 218 g/mol. The highest BCUT2D eigenvalue weighted by Crippen LogP contribution is 2.34. The van der Waals surface area contributed by atoms with Crippen molar-refractivity contribution >= 4 is 22.1 Å². The first kappa shape index (κ1) is 10.2. The van der Waals surface area contributed by atoms with Crippen molar-refractivity contribution < 1.29 is 9.66 Å². The van der Waals surface area contributed by atoms with Crippen LogP contribution >= 0.6 is 0 Å². The lowest BCUT2D eigenvalue weighted by atomic mass is 10.1. The van der Waals surface area contributed by atoms with Crippen molar-refractivity contribution in [3.8, 4) is 5.75 Å². The Hall–Kier alpha value is -2.30. The van der Waals surface area contributed by atoms with Gasteiger partial charge >= 0.3 is 0 Å². The molecule has 0 saturated carbocycles. The summed E-state index contributed by atoms with van der Waals surface area (Å²) in [6.45, 7) is 0. The summed E-state index contributed by atoms with van der Waals surface area (Å²) in [4.78, 5) is 10.4. The number of benzene rings is 2. The first-order valence-electron chi connectivity index (χ1n) is 4.64. The number of rotatable bonds is 2. The number of fused-ring (bicyclic) bond motifs is 1. The molecule has 0 bridgehead atoms. The molecule has 0 unspecified atom stereocenters. The van der Waals surface area contributed by atoms with E-state index in [-0.39, 0.29) is 5.69 Å². The normalized spacial score (nSPS) is 10.3. The number of methoxy groups -OCH3 is 1. The standard InChI is InChI=1S/C11H10N2O3/c1-16-10-6-5-7-8(11(10)12)3-2-4-9(7)13(14)15/h2-6H,12H2,1H3. The number of non-ortho nitro benzene ring substituents is 1. The highest BCUT2D eigenvalue weighted by Gasteiger charge is 2.14. The molecular weight excluding hydrogens is 208 g/mol. The minimum absolute atomic E-state index is 0.0480. The van der Waals surface area contributed by atoms with E-state index >= 15 is 0 Å². The fourth-order valence-electron chi connectivity index (χ4n) is 1.68. The number of anilines is 1. The first-order chi connectivity index (χ1) is 7.65. The molecule has 2 N–H and O–H groups in total. The number of nitrogens with zero attached hydrogens (tertiary/aromatic N) is 1. The minimum atomic E-state index is -0.422. The quantitative estimate of drug-likeness (QED) is 0.476. The molecule has 2 aromatic carbocycles. The van der Waals surface area contributed by atoms with Gasteiger partial charge in [-0.1, -0.05) is 12.1 Å². The Morgan fingerprint density at radius 2 is 2.00 bits per heavy atom. The van der Waals surface area contributed by atoms with Crippen LogP contribution in [0.4, 0.5) is 11.4 Å². The molecule has 2 aromatic rings. The highest BCUT2D eigenvalue weighted by atomic mass is 16.6. The first-order valence-corrected chi connectivity index (χ1v) is 4.64. The predicted molar refractivity (Wildman–Crippen MR) is 61.6 cm³/mol. The van der Waals surface area contributed by atoms with Gasteiger partial charge in [0.25, 0.3) is 5.69 Å². The second kappa shape index (κ2) is 3.69. The lowest BCUT2D eigenvalue weighted by molar-refractivity contribution is -0.383. The molecule has 0 amide bonds. The van der Waals surface area contributed by atoms with Crippen LogP contribution < -0.4 is 10.5 Å². The largest absolute Gasteiger partial charge is 0.495 e. The van der Waals surface area contributed by atoms with Crippen LogP contribution in [0.15, 0.2) is 30.3 Å². The molecule has 0 heterocycles. The van der Waals surface area contributed by atoms with Crippen LogP contribution in [0, 0.1) is 10.1 Å². The van der Waals surface area contributed by atoms with Gasteiger partial charge in [-0.05, 0) is 12.1 Å². The van der Waals surface area contributed by atoms with Crippen LogP contribution in [0.1, 0.15) is 0 Å². The topological polar surface area (TPSA) is 78.4 Å². The van der Waals surface area contributed by atoms with Crippen LogP contribution in [-0.2, 0) is 0 Å². The zero-order chi connectivity index (χ0) is 11.7. The SMILES string of the molecule is COc1ccc2c([N+](=O)[O-])cccc2c1N. The Morgan fingerprint density at radius 3 is 2.62 bits per heavy atom. The molecule has 0 aliphatic rings. The number of nitrogens with two attached hydrogens (primary N) is 1. The minimum Gasteiger partial charge on any atom is -0.495 e. The predicted octanol–water partition coefficient (Wildman–Crippen LogP) is 2.34. The van der Waals surface area contributed by atoms with Crippen molar-refractivity contribution in [1.29, 1.82) is 0 Å². The van der Waals surface area contributed by atoms with Gasteiger partial charge in [0.05, 0.1) is 23.1 Å². The third kappa shape index (κ3) is 1.42. The molecule has 0 atom stereocenters. The monoisotopic (exact) mass is 218 g/mol. The van der Waals surface area contributed by atoms with Crippen LogP contribution in [0.5, 0.6) is 5.75 Å². The molecule has 0 radical (unpaired) electrons. The van der Waals surface area contributed by atoms with Crippen molar-refractivity contribution in [2.24, 2.45) is 0 Å². The van der Waals surface area contributed by atoms with Gasteiger partial charge in [-0.3, -0.25) is 10.1 Å². The van der Waals surface area contributed by atoms with E-state index in [0.29, 0.717) is 22.2 Å². The lowest BCUT2D eigenvalue weighted by Crippen LogP contribution is -1.95. The third-order valence-corrected chi connectivity index (χ3v) is 2.46. The van der Waals surface area contributed by atoms with E-state index in [1.165, 1.54) is 13.2 Å². The maximum atomic E-state index is 10.8. The number of nitro groups is 1. The Morgan fingerprint density at radius 1 is 1.25 bits per heavy atom. The molecule has 16 heavy (non-hydrogen) atoms. The number of hydrogen-bond acceptors (Lipinski definition) is 4.